The molecule has 0 spiro atoms. The van der Waals surface area contributed by atoms with E-state index in [1.54, 1.807) is 0 Å². The van der Waals surface area contributed by atoms with E-state index < -0.39 is 0 Å². The normalized spacial score (nSPS) is 18.6. The van der Waals surface area contributed by atoms with E-state index in [0.717, 1.165) is 38.0 Å². The van der Waals surface area contributed by atoms with Gasteiger partial charge < -0.3 is 15.2 Å². The van der Waals surface area contributed by atoms with Crippen LogP contribution in [0.2, 0.25) is 0 Å². The van der Waals surface area contributed by atoms with E-state index >= 15 is 0 Å². The molecule has 1 aliphatic heterocycles. The Morgan fingerprint density at radius 1 is 1.39 bits per heavy atom. The number of nitrogens with zero attached hydrogens (tertiary/aromatic N) is 1. The van der Waals surface area contributed by atoms with Gasteiger partial charge in [0.05, 0.1) is 19.2 Å². The van der Waals surface area contributed by atoms with E-state index in [4.69, 9.17) is 4.74 Å². The lowest BCUT2D eigenvalue weighted by atomic mass is 10.1. The minimum absolute atomic E-state index is 0.0130. The first kappa shape index (κ1) is 17.8. The summed E-state index contributed by atoms with van der Waals surface area (Å²) in [4.78, 5) is 13.9. The van der Waals surface area contributed by atoms with Gasteiger partial charge in [-0.15, -0.1) is 0 Å². The zero-order valence-corrected chi connectivity index (χ0v) is 14.0. The third-order valence-electron chi connectivity index (χ3n) is 4.00. The predicted molar refractivity (Wildman–Crippen MR) is 90.6 cm³/mol. The molecule has 1 saturated heterocycles. The molecule has 0 aliphatic carbocycles. The van der Waals surface area contributed by atoms with Crippen LogP contribution in [0.4, 0.5) is 0 Å². The predicted octanol–water partition coefficient (Wildman–Crippen LogP) is 1.59. The molecular weight excluding hydrogens is 292 g/mol. The van der Waals surface area contributed by atoms with Gasteiger partial charge in [0.15, 0.2) is 0 Å². The van der Waals surface area contributed by atoms with E-state index in [2.05, 4.69) is 24.4 Å². The summed E-state index contributed by atoms with van der Waals surface area (Å²) in [7, 11) is 0. The van der Waals surface area contributed by atoms with Gasteiger partial charge in [0.25, 0.3) is 0 Å². The van der Waals surface area contributed by atoms with Crippen molar-refractivity contribution in [2.75, 3.05) is 32.8 Å². The zero-order chi connectivity index (χ0) is 16.5. The molecule has 0 saturated carbocycles. The van der Waals surface area contributed by atoms with Crippen LogP contribution in [-0.2, 0) is 11.2 Å². The van der Waals surface area contributed by atoms with E-state index in [-0.39, 0.29) is 12.0 Å². The fourth-order valence-corrected chi connectivity index (χ4v) is 2.83. The standard InChI is InChI=1S/C18H28N2O3/c1-2-4-15-6-8-17(9-7-15)23-12-10-19-18(22)14-20-11-3-5-16(21)13-20/h6-9,16,21H,2-5,10-14H2,1H3,(H,19,22)/t16-/m0/s1. The van der Waals surface area contributed by atoms with E-state index in [9.17, 15) is 9.90 Å². The lowest BCUT2D eigenvalue weighted by molar-refractivity contribution is -0.123. The number of aliphatic hydroxyl groups excluding tert-OH is 1. The number of hydrogen-bond donors (Lipinski definition) is 2. The van der Waals surface area contributed by atoms with Gasteiger partial charge in [-0.05, 0) is 43.5 Å². The van der Waals surface area contributed by atoms with Crippen molar-refractivity contribution in [1.82, 2.24) is 10.2 Å². The molecule has 1 aromatic carbocycles. The number of amides is 1. The second kappa shape index (κ2) is 9.53. The van der Waals surface area contributed by atoms with Crippen LogP contribution >= 0.6 is 0 Å². The van der Waals surface area contributed by atoms with Crippen LogP contribution in [0.1, 0.15) is 31.7 Å². The topological polar surface area (TPSA) is 61.8 Å². The van der Waals surface area contributed by atoms with Gasteiger partial charge in [-0.2, -0.15) is 0 Å². The number of nitrogens with one attached hydrogen (secondary N) is 1. The quantitative estimate of drug-likeness (QED) is 0.714. The number of β-amino-alcohol motifs (C(OH)–C–C–N with tert-alkyl or cyclic N) is 1. The minimum atomic E-state index is -0.296. The smallest absolute Gasteiger partial charge is 0.234 e. The molecule has 0 radical (unpaired) electrons. The number of aliphatic hydroxyl groups is 1. The lowest BCUT2D eigenvalue weighted by Gasteiger charge is -2.29. The Bertz CT molecular complexity index is 476. The maximum absolute atomic E-state index is 11.9. The lowest BCUT2D eigenvalue weighted by Crippen LogP contribution is -2.44. The summed E-state index contributed by atoms with van der Waals surface area (Å²) < 4.78 is 5.63. The molecule has 0 aromatic heterocycles. The van der Waals surface area contributed by atoms with Crippen molar-refractivity contribution in [2.45, 2.75) is 38.7 Å². The van der Waals surface area contributed by atoms with Crippen LogP contribution in [0.15, 0.2) is 24.3 Å². The van der Waals surface area contributed by atoms with Gasteiger partial charge in [-0.1, -0.05) is 25.5 Å². The molecule has 1 heterocycles. The molecule has 1 atom stereocenters. The number of piperidine rings is 1. The van der Waals surface area contributed by atoms with Gasteiger partial charge in [0, 0.05) is 6.54 Å². The maximum Gasteiger partial charge on any atom is 0.234 e. The summed E-state index contributed by atoms with van der Waals surface area (Å²) in [5, 5.41) is 12.5. The summed E-state index contributed by atoms with van der Waals surface area (Å²) in [5.41, 5.74) is 1.32. The summed E-state index contributed by atoms with van der Waals surface area (Å²) in [6.07, 6.45) is 3.71. The van der Waals surface area contributed by atoms with Gasteiger partial charge in [0.1, 0.15) is 12.4 Å². The molecule has 1 amide bonds. The third kappa shape index (κ3) is 6.59. The van der Waals surface area contributed by atoms with Crippen LogP contribution in [0, 0.1) is 0 Å². The molecule has 23 heavy (non-hydrogen) atoms. The van der Waals surface area contributed by atoms with E-state index in [1.165, 1.54) is 5.56 Å². The fourth-order valence-electron chi connectivity index (χ4n) is 2.83. The highest BCUT2D eigenvalue weighted by molar-refractivity contribution is 5.78. The highest BCUT2D eigenvalue weighted by atomic mass is 16.5. The van der Waals surface area contributed by atoms with Crippen LogP contribution in [0.3, 0.4) is 0 Å². The summed E-state index contributed by atoms with van der Waals surface area (Å²) in [6.45, 7) is 4.94. The van der Waals surface area contributed by atoms with Crippen molar-refractivity contribution in [3.63, 3.8) is 0 Å². The largest absolute Gasteiger partial charge is 0.492 e. The molecule has 128 valence electrons. The van der Waals surface area contributed by atoms with Gasteiger partial charge >= 0.3 is 0 Å². The average Bonchev–Trinajstić information content (AvgIpc) is 2.53. The Kier molecular flexibility index (Phi) is 7.36. The first-order valence-electron chi connectivity index (χ1n) is 8.56. The Labute approximate surface area is 138 Å². The molecule has 2 N–H and O–H groups in total. The number of carbonyl (C=O) groups is 1. The van der Waals surface area contributed by atoms with Crippen LogP contribution in [-0.4, -0.2) is 54.8 Å². The highest BCUT2D eigenvalue weighted by Gasteiger charge is 2.19. The summed E-state index contributed by atoms with van der Waals surface area (Å²) in [5.74, 6) is 0.819. The number of aryl methyl sites for hydroxylation is 1. The van der Waals surface area contributed by atoms with Crippen molar-refractivity contribution >= 4 is 5.91 Å². The van der Waals surface area contributed by atoms with Crippen molar-refractivity contribution in [2.24, 2.45) is 0 Å². The Morgan fingerprint density at radius 3 is 2.87 bits per heavy atom. The monoisotopic (exact) mass is 320 g/mol. The fraction of sp³-hybridized carbons (Fsp3) is 0.611. The molecule has 5 nitrogen and oxygen atoms in total. The number of likely N-dealkylation sites (tertiary alicyclic amines) is 1. The molecule has 0 unspecified atom stereocenters. The first-order chi connectivity index (χ1) is 11.2. The molecule has 5 heteroatoms. The third-order valence-corrected chi connectivity index (χ3v) is 4.00. The van der Waals surface area contributed by atoms with Crippen LogP contribution in [0.5, 0.6) is 5.75 Å². The molecular formula is C18H28N2O3. The zero-order valence-electron chi connectivity index (χ0n) is 14.0. The van der Waals surface area contributed by atoms with Crippen molar-refractivity contribution in [3.05, 3.63) is 29.8 Å². The minimum Gasteiger partial charge on any atom is -0.492 e. The average molecular weight is 320 g/mol. The summed E-state index contributed by atoms with van der Waals surface area (Å²) in [6, 6.07) is 8.11. The number of hydrogen-bond acceptors (Lipinski definition) is 4. The molecule has 2 rings (SSSR count). The molecule has 1 aromatic rings. The van der Waals surface area contributed by atoms with Crippen LogP contribution < -0.4 is 10.1 Å². The van der Waals surface area contributed by atoms with Gasteiger partial charge in [-0.25, -0.2) is 0 Å². The second-order valence-electron chi connectivity index (χ2n) is 6.12. The van der Waals surface area contributed by atoms with Crippen molar-refractivity contribution in [1.29, 1.82) is 0 Å². The van der Waals surface area contributed by atoms with Crippen molar-refractivity contribution < 1.29 is 14.6 Å². The second-order valence-corrected chi connectivity index (χ2v) is 6.12. The number of ether oxygens (including phenoxy) is 1. The molecule has 1 aliphatic rings. The molecule has 0 bridgehead atoms. The number of carbonyl (C=O) groups excluding carboxylic acids is 1. The van der Waals surface area contributed by atoms with Crippen molar-refractivity contribution in [3.8, 4) is 5.75 Å². The SMILES string of the molecule is CCCc1ccc(OCCNC(=O)CN2CCC[C@H](O)C2)cc1. The van der Waals surface area contributed by atoms with E-state index in [0.29, 0.717) is 26.2 Å². The summed E-state index contributed by atoms with van der Waals surface area (Å²) >= 11 is 0. The maximum atomic E-state index is 11.9. The number of rotatable bonds is 8. The highest BCUT2D eigenvalue weighted by Crippen LogP contribution is 2.13. The Morgan fingerprint density at radius 2 is 2.17 bits per heavy atom. The van der Waals surface area contributed by atoms with Crippen LogP contribution in [0.25, 0.3) is 0 Å². The Hall–Kier alpha value is -1.59. The first-order valence-corrected chi connectivity index (χ1v) is 8.56. The van der Waals surface area contributed by atoms with Gasteiger partial charge in [-0.3, -0.25) is 9.69 Å². The Balaban J connectivity index is 1.60. The van der Waals surface area contributed by atoms with E-state index in [1.807, 2.05) is 17.0 Å². The number of benzene rings is 1. The molecule has 1 fully saturated rings. The van der Waals surface area contributed by atoms with Gasteiger partial charge in [0.2, 0.25) is 5.91 Å².